The van der Waals surface area contributed by atoms with Gasteiger partial charge in [0, 0.05) is 11.3 Å². The molecule has 1 unspecified atom stereocenters. The summed E-state index contributed by atoms with van der Waals surface area (Å²) in [5.41, 5.74) is 2.34. The third-order valence-corrected chi connectivity index (χ3v) is 3.22. The van der Waals surface area contributed by atoms with Crippen LogP contribution in [0.2, 0.25) is 0 Å². The molecule has 6 heteroatoms. The molecule has 0 bridgehead atoms. The second kappa shape index (κ2) is 5.46. The van der Waals surface area contributed by atoms with Gasteiger partial charge in [-0.05, 0) is 5.41 Å². The Kier molecular flexibility index (Phi) is 4.47. The molecule has 0 aliphatic carbocycles. The SMILES string of the molecule is CC(C)(C)C(c1cscn1)[C@H](CO)NC(=O)O. The summed E-state index contributed by atoms with van der Waals surface area (Å²) in [6.45, 7) is 5.77. The molecule has 0 aliphatic heterocycles. The minimum absolute atomic E-state index is 0.158. The van der Waals surface area contributed by atoms with Crippen molar-refractivity contribution in [2.75, 3.05) is 6.61 Å². The Hall–Kier alpha value is -1.14. The fourth-order valence-electron chi connectivity index (χ4n) is 2.02. The third kappa shape index (κ3) is 3.67. The van der Waals surface area contributed by atoms with Crippen molar-refractivity contribution in [2.45, 2.75) is 32.7 Å². The Morgan fingerprint density at radius 1 is 1.59 bits per heavy atom. The lowest BCUT2D eigenvalue weighted by atomic mass is 9.74. The van der Waals surface area contributed by atoms with E-state index in [1.165, 1.54) is 11.3 Å². The number of carbonyl (C=O) groups is 1. The molecule has 96 valence electrons. The van der Waals surface area contributed by atoms with E-state index >= 15 is 0 Å². The third-order valence-electron chi connectivity index (χ3n) is 2.61. The Morgan fingerprint density at radius 3 is 2.59 bits per heavy atom. The number of amides is 1. The molecular formula is C11H18N2O3S. The Morgan fingerprint density at radius 2 is 2.24 bits per heavy atom. The molecule has 0 aliphatic rings. The molecule has 1 aromatic heterocycles. The summed E-state index contributed by atoms with van der Waals surface area (Å²) in [4.78, 5) is 15.0. The van der Waals surface area contributed by atoms with Crippen LogP contribution in [0.3, 0.4) is 0 Å². The Bertz CT molecular complexity index is 359. The van der Waals surface area contributed by atoms with E-state index in [2.05, 4.69) is 10.3 Å². The van der Waals surface area contributed by atoms with E-state index in [1.54, 1.807) is 5.51 Å². The molecule has 17 heavy (non-hydrogen) atoms. The monoisotopic (exact) mass is 258 g/mol. The average molecular weight is 258 g/mol. The van der Waals surface area contributed by atoms with Gasteiger partial charge in [0.25, 0.3) is 0 Å². The maximum atomic E-state index is 10.7. The zero-order valence-corrected chi connectivity index (χ0v) is 11.0. The lowest BCUT2D eigenvalue weighted by molar-refractivity contribution is 0.147. The summed E-state index contributed by atoms with van der Waals surface area (Å²) in [6.07, 6.45) is -1.13. The van der Waals surface area contributed by atoms with E-state index in [-0.39, 0.29) is 17.9 Å². The summed E-state index contributed by atoms with van der Waals surface area (Å²) in [5, 5.41) is 22.4. The molecule has 0 aromatic carbocycles. The molecule has 2 atom stereocenters. The first-order valence-corrected chi connectivity index (χ1v) is 6.29. The molecule has 0 saturated heterocycles. The second-order valence-corrected chi connectivity index (χ2v) is 5.71. The number of hydrogen-bond donors (Lipinski definition) is 3. The number of aromatic nitrogens is 1. The van der Waals surface area contributed by atoms with E-state index < -0.39 is 12.1 Å². The van der Waals surface area contributed by atoms with E-state index in [9.17, 15) is 9.90 Å². The number of carboxylic acid groups (broad SMARTS) is 1. The van der Waals surface area contributed by atoms with Gasteiger partial charge in [0.2, 0.25) is 0 Å². The van der Waals surface area contributed by atoms with Crippen LogP contribution in [0.4, 0.5) is 4.79 Å². The Balaban J connectivity index is 3.01. The highest BCUT2D eigenvalue weighted by atomic mass is 32.1. The topological polar surface area (TPSA) is 82.5 Å². The molecule has 0 radical (unpaired) electrons. The number of hydrogen-bond acceptors (Lipinski definition) is 4. The molecule has 1 aromatic rings. The van der Waals surface area contributed by atoms with Crippen molar-refractivity contribution in [1.29, 1.82) is 0 Å². The van der Waals surface area contributed by atoms with Gasteiger partial charge in [0.1, 0.15) is 0 Å². The zero-order valence-electron chi connectivity index (χ0n) is 10.2. The van der Waals surface area contributed by atoms with Gasteiger partial charge in [0.15, 0.2) is 0 Å². The van der Waals surface area contributed by atoms with Crippen LogP contribution < -0.4 is 5.32 Å². The fraction of sp³-hybridized carbons (Fsp3) is 0.636. The van der Waals surface area contributed by atoms with Crippen LogP contribution in [0.5, 0.6) is 0 Å². The van der Waals surface area contributed by atoms with Gasteiger partial charge in [-0.2, -0.15) is 0 Å². The molecule has 1 amide bonds. The first-order valence-electron chi connectivity index (χ1n) is 5.34. The lowest BCUT2D eigenvalue weighted by Gasteiger charge is -2.35. The highest BCUT2D eigenvalue weighted by Gasteiger charge is 2.35. The van der Waals surface area contributed by atoms with Crippen molar-refractivity contribution in [3.05, 3.63) is 16.6 Å². The van der Waals surface area contributed by atoms with Crippen LogP contribution in [-0.4, -0.2) is 33.9 Å². The van der Waals surface area contributed by atoms with Gasteiger partial charge >= 0.3 is 6.09 Å². The summed E-state index contributed by atoms with van der Waals surface area (Å²) in [5.74, 6) is -0.158. The number of aliphatic hydroxyl groups excluding tert-OH is 1. The van der Waals surface area contributed by atoms with Crippen molar-refractivity contribution in [1.82, 2.24) is 10.3 Å². The number of aliphatic hydroxyl groups is 1. The second-order valence-electron chi connectivity index (χ2n) is 5.00. The molecule has 0 saturated carbocycles. The van der Waals surface area contributed by atoms with Gasteiger partial charge in [-0.25, -0.2) is 9.78 Å². The van der Waals surface area contributed by atoms with Crippen molar-refractivity contribution < 1.29 is 15.0 Å². The zero-order chi connectivity index (χ0) is 13.1. The molecule has 0 spiro atoms. The van der Waals surface area contributed by atoms with Crippen LogP contribution >= 0.6 is 11.3 Å². The molecule has 1 heterocycles. The molecule has 5 nitrogen and oxygen atoms in total. The average Bonchev–Trinajstić information content (AvgIpc) is 2.67. The first kappa shape index (κ1) is 13.9. The minimum Gasteiger partial charge on any atom is -0.465 e. The smallest absolute Gasteiger partial charge is 0.404 e. The molecular weight excluding hydrogens is 240 g/mol. The lowest BCUT2D eigenvalue weighted by Crippen LogP contribution is -2.45. The number of rotatable bonds is 4. The quantitative estimate of drug-likeness (QED) is 0.770. The summed E-state index contributed by atoms with van der Waals surface area (Å²) in [7, 11) is 0. The fourth-order valence-corrected chi connectivity index (χ4v) is 2.61. The van der Waals surface area contributed by atoms with Crippen LogP contribution in [0.15, 0.2) is 10.9 Å². The highest BCUT2D eigenvalue weighted by molar-refractivity contribution is 7.07. The van der Waals surface area contributed by atoms with Gasteiger partial charge < -0.3 is 15.5 Å². The van der Waals surface area contributed by atoms with Crippen molar-refractivity contribution >= 4 is 17.4 Å². The molecule has 1 rings (SSSR count). The number of thiazole rings is 1. The van der Waals surface area contributed by atoms with E-state index in [1.807, 2.05) is 26.2 Å². The summed E-state index contributed by atoms with van der Waals surface area (Å²) < 4.78 is 0. The summed E-state index contributed by atoms with van der Waals surface area (Å²) in [6, 6.07) is -0.547. The van der Waals surface area contributed by atoms with Gasteiger partial charge in [-0.3, -0.25) is 0 Å². The standard InChI is InChI=1S/C11H18N2O3S/c1-11(2,3)9(8-5-17-6-12-8)7(4-14)13-10(15)16/h5-7,9,13-14H,4H2,1-3H3,(H,15,16)/t7-,9?/m0/s1. The van der Waals surface area contributed by atoms with Crippen LogP contribution in [0.25, 0.3) is 0 Å². The largest absolute Gasteiger partial charge is 0.465 e. The van der Waals surface area contributed by atoms with Crippen molar-refractivity contribution in [2.24, 2.45) is 5.41 Å². The maximum Gasteiger partial charge on any atom is 0.404 e. The normalized spacial score (nSPS) is 15.3. The number of nitrogens with zero attached hydrogens (tertiary/aromatic N) is 1. The van der Waals surface area contributed by atoms with Gasteiger partial charge in [-0.15, -0.1) is 11.3 Å². The predicted octanol–water partition coefficient (Wildman–Crippen LogP) is 1.90. The number of nitrogens with one attached hydrogen (secondary N) is 1. The molecule has 3 N–H and O–H groups in total. The summed E-state index contributed by atoms with van der Waals surface area (Å²) >= 11 is 1.46. The van der Waals surface area contributed by atoms with Crippen molar-refractivity contribution in [3.63, 3.8) is 0 Å². The highest BCUT2D eigenvalue weighted by Crippen LogP contribution is 2.37. The van der Waals surface area contributed by atoms with E-state index in [0.29, 0.717) is 0 Å². The predicted molar refractivity (Wildman–Crippen MR) is 66.3 cm³/mol. The van der Waals surface area contributed by atoms with Crippen LogP contribution in [-0.2, 0) is 0 Å². The Labute approximate surface area is 105 Å². The van der Waals surface area contributed by atoms with Crippen LogP contribution in [0.1, 0.15) is 32.4 Å². The van der Waals surface area contributed by atoms with Crippen molar-refractivity contribution in [3.8, 4) is 0 Å². The van der Waals surface area contributed by atoms with E-state index in [0.717, 1.165) is 5.69 Å². The van der Waals surface area contributed by atoms with Crippen LogP contribution in [0, 0.1) is 5.41 Å². The van der Waals surface area contributed by atoms with Gasteiger partial charge in [0.05, 0.1) is 23.9 Å². The van der Waals surface area contributed by atoms with Gasteiger partial charge in [-0.1, -0.05) is 20.8 Å². The molecule has 0 fully saturated rings. The maximum absolute atomic E-state index is 10.7. The first-order chi connectivity index (χ1) is 7.86. The minimum atomic E-state index is -1.13. The van der Waals surface area contributed by atoms with E-state index in [4.69, 9.17) is 5.11 Å².